The molecule has 1 rings (SSSR count). The van der Waals surface area contributed by atoms with Crippen LogP contribution in [0, 0.1) is 5.82 Å². The maximum atomic E-state index is 13.6. The first-order valence-electron chi connectivity index (χ1n) is 8.12. The lowest BCUT2D eigenvalue weighted by Crippen LogP contribution is -2.03. The predicted octanol–water partition coefficient (Wildman–Crippen LogP) is 4.84. The molecular weight excluding hydrogens is 283 g/mol. The first-order valence-corrected chi connectivity index (χ1v) is 8.12. The molecule has 0 amide bonds. The minimum absolute atomic E-state index is 0.133. The van der Waals surface area contributed by atoms with E-state index in [1.165, 1.54) is 6.07 Å². The third-order valence-corrected chi connectivity index (χ3v) is 3.46. The molecule has 0 spiro atoms. The number of benzene rings is 1. The summed E-state index contributed by atoms with van der Waals surface area (Å²) in [6, 6.07) is 5.03. The van der Waals surface area contributed by atoms with Gasteiger partial charge >= 0.3 is 5.97 Å². The summed E-state index contributed by atoms with van der Waals surface area (Å²) < 4.78 is 24.0. The highest BCUT2D eigenvalue weighted by molar-refractivity contribution is 5.69. The maximum Gasteiger partial charge on any atom is 0.305 e. The lowest BCUT2D eigenvalue weighted by molar-refractivity contribution is -0.143. The fraction of sp³-hybridized carbons (Fsp3) is 0.611. The largest absolute Gasteiger partial charge is 0.491 e. The third-order valence-electron chi connectivity index (χ3n) is 3.46. The number of unbranched alkanes of at least 4 members (excludes halogenated alkanes) is 3. The monoisotopic (exact) mass is 310 g/mol. The number of esters is 1. The number of rotatable bonds is 10. The summed E-state index contributed by atoms with van der Waals surface area (Å²) in [6.45, 7) is 6.88. The van der Waals surface area contributed by atoms with Gasteiger partial charge in [0, 0.05) is 6.42 Å². The molecule has 0 saturated carbocycles. The number of hydrogen-bond donors (Lipinski definition) is 0. The highest BCUT2D eigenvalue weighted by Crippen LogP contribution is 2.23. The van der Waals surface area contributed by atoms with Crippen LogP contribution < -0.4 is 4.74 Å². The molecule has 0 saturated heterocycles. The van der Waals surface area contributed by atoms with Crippen LogP contribution in [0.1, 0.15) is 64.4 Å². The van der Waals surface area contributed by atoms with Crippen molar-refractivity contribution >= 4 is 5.97 Å². The Labute approximate surface area is 132 Å². The van der Waals surface area contributed by atoms with Gasteiger partial charge in [-0.2, -0.15) is 0 Å². The molecule has 0 atom stereocenters. The highest BCUT2D eigenvalue weighted by Gasteiger charge is 2.07. The zero-order valence-electron chi connectivity index (χ0n) is 13.9. The van der Waals surface area contributed by atoms with Crippen LogP contribution in [0.5, 0.6) is 5.75 Å². The molecule has 1 aromatic rings. The Balaban J connectivity index is 2.19. The molecule has 0 aliphatic heterocycles. The lowest BCUT2D eigenvalue weighted by atomic mass is 10.0. The number of carbonyl (C=O) groups excluding carboxylic acids is 1. The summed E-state index contributed by atoms with van der Waals surface area (Å²) in [5.41, 5.74) is 1.07. The Bertz CT molecular complexity index is 458. The summed E-state index contributed by atoms with van der Waals surface area (Å²) in [6.07, 6.45) is 4.07. The Kier molecular flexibility index (Phi) is 8.56. The van der Waals surface area contributed by atoms with Crippen molar-refractivity contribution in [1.29, 1.82) is 0 Å². The lowest BCUT2D eigenvalue weighted by Gasteiger charge is -2.11. The summed E-state index contributed by atoms with van der Waals surface area (Å²) in [5.74, 6) is 0.238. The maximum absolute atomic E-state index is 13.6. The van der Waals surface area contributed by atoms with Crippen molar-refractivity contribution in [3.05, 3.63) is 29.6 Å². The van der Waals surface area contributed by atoms with E-state index in [2.05, 4.69) is 13.8 Å². The Morgan fingerprint density at radius 1 is 1.18 bits per heavy atom. The van der Waals surface area contributed by atoms with Crippen molar-refractivity contribution in [2.45, 2.75) is 58.8 Å². The fourth-order valence-electron chi connectivity index (χ4n) is 2.13. The van der Waals surface area contributed by atoms with Gasteiger partial charge in [-0.15, -0.1) is 0 Å². The van der Waals surface area contributed by atoms with Gasteiger partial charge in [-0.1, -0.05) is 32.8 Å². The van der Waals surface area contributed by atoms with E-state index in [4.69, 9.17) is 9.47 Å². The Morgan fingerprint density at radius 3 is 2.59 bits per heavy atom. The van der Waals surface area contributed by atoms with Gasteiger partial charge in [-0.3, -0.25) is 4.79 Å². The van der Waals surface area contributed by atoms with Gasteiger partial charge in [0.05, 0.1) is 13.2 Å². The second-order valence-electron chi connectivity index (χ2n) is 5.66. The van der Waals surface area contributed by atoms with Crippen LogP contribution in [0.15, 0.2) is 18.2 Å². The molecule has 0 heterocycles. The van der Waals surface area contributed by atoms with Gasteiger partial charge in [0.25, 0.3) is 0 Å². The Hall–Kier alpha value is -1.58. The van der Waals surface area contributed by atoms with E-state index in [1.54, 1.807) is 12.1 Å². The summed E-state index contributed by atoms with van der Waals surface area (Å²) >= 11 is 0. The van der Waals surface area contributed by atoms with Gasteiger partial charge in [-0.05, 0) is 43.4 Å². The summed E-state index contributed by atoms with van der Waals surface area (Å²) in [7, 11) is 0. The van der Waals surface area contributed by atoms with Crippen molar-refractivity contribution in [3.63, 3.8) is 0 Å². The van der Waals surface area contributed by atoms with Crippen LogP contribution in [0.4, 0.5) is 4.39 Å². The molecule has 124 valence electrons. The average Bonchev–Trinajstić information content (AvgIpc) is 2.48. The number of halogens is 1. The van der Waals surface area contributed by atoms with Crippen LogP contribution in [0.25, 0.3) is 0 Å². The van der Waals surface area contributed by atoms with Gasteiger partial charge in [0.15, 0.2) is 11.6 Å². The third kappa shape index (κ3) is 6.92. The zero-order chi connectivity index (χ0) is 16.4. The van der Waals surface area contributed by atoms with Crippen LogP contribution in [0.2, 0.25) is 0 Å². The normalized spacial score (nSPS) is 10.8. The first-order chi connectivity index (χ1) is 10.5. The van der Waals surface area contributed by atoms with Crippen LogP contribution in [0.3, 0.4) is 0 Å². The standard InChI is InChI=1S/C18H27FO3/c1-4-21-18(20)9-7-5-6-8-12-22-17-13-15(14(2)3)10-11-16(17)19/h10-11,13-14H,4-9,12H2,1-3H3. The average molecular weight is 310 g/mol. The number of ether oxygens (including phenoxy) is 2. The SMILES string of the molecule is CCOC(=O)CCCCCCOc1cc(C(C)C)ccc1F. The van der Waals surface area contributed by atoms with Crippen molar-refractivity contribution in [1.82, 2.24) is 0 Å². The van der Waals surface area contributed by atoms with Crippen LogP contribution in [-0.2, 0) is 9.53 Å². The molecule has 0 aliphatic rings. The summed E-state index contributed by atoms with van der Waals surface area (Å²) in [4.78, 5) is 11.2. The zero-order valence-corrected chi connectivity index (χ0v) is 13.9. The molecule has 0 radical (unpaired) electrons. The number of hydrogen-bond acceptors (Lipinski definition) is 3. The van der Waals surface area contributed by atoms with Gasteiger partial charge in [-0.25, -0.2) is 4.39 Å². The molecule has 22 heavy (non-hydrogen) atoms. The minimum atomic E-state index is -0.313. The molecule has 1 aromatic carbocycles. The smallest absolute Gasteiger partial charge is 0.305 e. The van der Waals surface area contributed by atoms with E-state index in [0.29, 0.717) is 31.3 Å². The van der Waals surface area contributed by atoms with Crippen LogP contribution >= 0.6 is 0 Å². The van der Waals surface area contributed by atoms with Gasteiger partial charge < -0.3 is 9.47 Å². The first kappa shape index (κ1) is 18.5. The van der Waals surface area contributed by atoms with E-state index >= 15 is 0 Å². The minimum Gasteiger partial charge on any atom is -0.491 e. The fourth-order valence-corrected chi connectivity index (χ4v) is 2.13. The van der Waals surface area contributed by atoms with E-state index in [9.17, 15) is 9.18 Å². The van der Waals surface area contributed by atoms with Crippen molar-refractivity contribution in [2.75, 3.05) is 13.2 Å². The van der Waals surface area contributed by atoms with Crippen LogP contribution in [-0.4, -0.2) is 19.2 Å². The quantitative estimate of drug-likeness (QED) is 0.458. The predicted molar refractivity (Wildman–Crippen MR) is 85.7 cm³/mol. The van der Waals surface area contributed by atoms with E-state index in [1.807, 2.05) is 6.92 Å². The second kappa shape index (κ2) is 10.2. The molecule has 3 nitrogen and oxygen atoms in total. The summed E-state index contributed by atoms with van der Waals surface area (Å²) in [5, 5.41) is 0. The number of carbonyl (C=O) groups is 1. The van der Waals surface area contributed by atoms with E-state index in [-0.39, 0.29) is 11.8 Å². The molecule has 0 fully saturated rings. The molecular formula is C18H27FO3. The molecule has 0 aromatic heterocycles. The van der Waals surface area contributed by atoms with Gasteiger partial charge in [0.2, 0.25) is 0 Å². The van der Waals surface area contributed by atoms with Crippen molar-refractivity contribution in [3.8, 4) is 5.75 Å². The topological polar surface area (TPSA) is 35.5 Å². The second-order valence-corrected chi connectivity index (χ2v) is 5.66. The molecule has 0 aliphatic carbocycles. The Morgan fingerprint density at radius 2 is 1.91 bits per heavy atom. The molecule has 0 unspecified atom stereocenters. The van der Waals surface area contributed by atoms with Gasteiger partial charge in [0.1, 0.15) is 0 Å². The van der Waals surface area contributed by atoms with Crippen molar-refractivity contribution in [2.24, 2.45) is 0 Å². The molecule has 4 heteroatoms. The highest BCUT2D eigenvalue weighted by atomic mass is 19.1. The molecule has 0 bridgehead atoms. The van der Waals surface area contributed by atoms with E-state index in [0.717, 1.165) is 31.2 Å². The van der Waals surface area contributed by atoms with E-state index < -0.39 is 0 Å². The molecule has 0 N–H and O–H groups in total. The van der Waals surface area contributed by atoms with Crippen molar-refractivity contribution < 1.29 is 18.7 Å².